The van der Waals surface area contributed by atoms with Crippen molar-refractivity contribution in [3.63, 3.8) is 0 Å². The van der Waals surface area contributed by atoms with E-state index in [1.807, 2.05) is 0 Å². The fourth-order valence-electron chi connectivity index (χ4n) is 1.89. The molecule has 0 aliphatic carbocycles. The molecule has 0 saturated carbocycles. The summed E-state index contributed by atoms with van der Waals surface area (Å²) in [4.78, 5) is 21.1. The molecule has 0 atom stereocenters. The van der Waals surface area contributed by atoms with Gasteiger partial charge < -0.3 is 4.42 Å². The van der Waals surface area contributed by atoms with Crippen LogP contribution in [0.4, 0.5) is 8.78 Å². The van der Waals surface area contributed by atoms with E-state index in [2.05, 4.69) is 15.0 Å². The predicted molar refractivity (Wildman–Crippen MR) is 72.4 cm³/mol. The van der Waals surface area contributed by atoms with E-state index in [0.717, 1.165) is 18.5 Å². The molecule has 3 rings (SSSR count). The number of H-pyrrole nitrogens is 1. The summed E-state index contributed by atoms with van der Waals surface area (Å²) in [6.45, 7) is 0. The van der Waals surface area contributed by atoms with Gasteiger partial charge in [0.2, 0.25) is 0 Å². The topological polar surface area (TPSA) is 95.6 Å². The highest BCUT2D eigenvalue weighted by Crippen LogP contribution is 2.31. The lowest BCUT2D eigenvalue weighted by molar-refractivity contribution is 0.0559. The molecule has 1 N–H and O–H groups in total. The van der Waals surface area contributed by atoms with Gasteiger partial charge in [-0.15, -0.1) is 0 Å². The molecule has 0 amide bonds. The van der Waals surface area contributed by atoms with Crippen LogP contribution >= 0.6 is 11.6 Å². The van der Waals surface area contributed by atoms with Crippen molar-refractivity contribution in [1.82, 2.24) is 15.0 Å². The molecule has 110 valence electrons. The first-order valence-electron chi connectivity index (χ1n) is 5.85. The number of aromatic nitrogens is 3. The van der Waals surface area contributed by atoms with E-state index in [4.69, 9.17) is 21.3 Å². The Kier molecular flexibility index (Phi) is 3.15. The smallest absolute Gasteiger partial charge is 0.407 e. The van der Waals surface area contributed by atoms with E-state index < -0.39 is 17.4 Å². The van der Waals surface area contributed by atoms with E-state index in [-0.39, 0.29) is 21.8 Å². The molecule has 3 aromatic rings. The SMILES string of the molecule is N#CC(F)(F)c1cnc(-c2ccc(Cl)c3[nH]c(=O)oc23)cn1. The van der Waals surface area contributed by atoms with Crippen molar-refractivity contribution >= 4 is 22.7 Å². The third-order valence-electron chi connectivity index (χ3n) is 2.92. The van der Waals surface area contributed by atoms with E-state index in [1.54, 1.807) is 0 Å². The van der Waals surface area contributed by atoms with Gasteiger partial charge in [0.05, 0.1) is 23.1 Å². The molecule has 0 spiro atoms. The van der Waals surface area contributed by atoms with Gasteiger partial charge >= 0.3 is 11.7 Å². The van der Waals surface area contributed by atoms with Crippen LogP contribution in [0.1, 0.15) is 5.69 Å². The maximum atomic E-state index is 13.2. The van der Waals surface area contributed by atoms with Crippen LogP contribution in [0.15, 0.2) is 33.7 Å². The molecule has 0 bridgehead atoms. The van der Waals surface area contributed by atoms with Crippen molar-refractivity contribution in [1.29, 1.82) is 5.26 Å². The Morgan fingerprint density at radius 3 is 2.73 bits per heavy atom. The van der Waals surface area contributed by atoms with Crippen LogP contribution in [0.2, 0.25) is 5.02 Å². The monoisotopic (exact) mass is 322 g/mol. The second-order valence-corrected chi connectivity index (χ2v) is 4.69. The van der Waals surface area contributed by atoms with Crippen molar-refractivity contribution in [3.05, 3.63) is 45.8 Å². The predicted octanol–water partition coefficient (Wildman–Crippen LogP) is 2.85. The first-order valence-corrected chi connectivity index (χ1v) is 6.23. The molecule has 2 aromatic heterocycles. The number of alkyl halides is 2. The number of nitriles is 1. The van der Waals surface area contributed by atoms with Gasteiger partial charge in [-0.05, 0) is 12.1 Å². The molecule has 0 radical (unpaired) electrons. The Hall–Kier alpha value is -2.79. The summed E-state index contributed by atoms with van der Waals surface area (Å²) >= 11 is 5.93. The second-order valence-electron chi connectivity index (χ2n) is 4.29. The summed E-state index contributed by atoms with van der Waals surface area (Å²) in [5, 5.41) is 8.64. The van der Waals surface area contributed by atoms with Gasteiger partial charge in [0.15, 0.2) is 5.58 Å². The van der Waals surface area contributed by atoms with E-state index in [1.165, 1.54) is 12.1 Å². The fraction of sp³-hybridized carbons (Fsp3) is 0.0769. The first kappa shape index (κ1) is 14.2. The van der Waals surface area contributed by atoms with E-state index >= 15 is 0 Å². The van der Waals surface area contributed by atoms with E-state index in [0.29, 0.717) is 5.56 Å². The highest BCUT2D eigenvalue weighted by atomic mass is 35.5. The molecule has 0 aliphatic heterocycles. The van der Waals surface area contributed by atoms with Gasteiger partial charge in [-0.1, -0.05) is 11.6 Å². The zero-order valence-corrected chi connectivity index (χ0v) is 11.4. The molecule has 0 aliphatic rings. The highest BCUT2D eigenvalue weighted by molar-refractivity contribution is 6.35. The number of nitrogens with zero attached hydrogens (tertiary/aromatic N) is 3. The summed E-state index contributed by atoms with van der Waals surface area (Å²) in [6.07, 6.45) is 1.86. The number of hydrogen-bond donors (Lipinski definition) is 1. The summed E-state index contributed by atoms with van der Waals surface area (Å²) in [6, 6.07) is 3.86. The average Bonchev–Trinajstić information content (AvgIpc) is 2.90. The number of nitrogens with one attached hydrogen (secondary N) is 1. The molecular formula is C13H5ClF2N4O2. The van der Waals surface area contributed by atoms with Gasteiger partial charge in [-0.3, -0.25) is 9.97 Å². The molecular weight excluding hydrogens is 318 g/mol. The third-order valence-corrected chi connectivity index (χ3v) is 3.23. The Morgan fingerprint density at radius 1 is 1.32 bits per heavy atom. The largest absolute Gasteiger partial charge is 0.417 e. The van der Waals surface area contributed by atoms with Crippen LogP contribution in [0.5, 0.6) is 0 Å². The van der Waals surface area contributed by atoms with Gasteiger partial charge in [-0.25, -0.2) is 9.78 Å². The van der Waals surface area contributed by atoms with Gasteiger partial charge in [-0.2, -0.15) is 14.0 Å². The van der Waals surface area contributed by atoms with Crippen LogP contribution in [-0.4, -0.2) is 15.0 Å². The van der Waals surface area contributed by atoms with E-state index in [9.17, 15) is 13.6 Å². The van der Waals surface area contributed by atoms with Crippen molar-refractivity contribution in [2.24, 2.45) is 0 Å². The lowest BCUT2D eigenvalue weighted by Crippen LogP contribution is -2.12. The molecule has 0 unspecified atom stereocenters. The summed E-state index contributed by atoms with van der Waals surface area (Å²) in [5.74, 6) is -4.42. The zero-order valence-electron chi connectivity index (χ0n) is 10.6. The first-order chi connectivity index (χ1) is 10.4. The Morgan fingerprint density at radius 2 is 2.09 bits per heavy atom. The minimum Gasteiger partial charge on any atom is -0.407 e. The standard InChI is InChI=1S/C13H5ClF2N4O2/c14-7-2-1-6(11-10(7)20-12(21)22-11)8-3-19-9(4-18-8)13(15,16)5-17/h1-4H,(H,20,21). The third kappa shape index (κ3) is 2.21. The highest BCUT2D eigenvalue weighted by Gasteiger charge is 2.33. The quantitative estimate of drug-likeness (QED) is 0.782. The minimum absolute atomic E-state index is 0.145. The molecule has 2 heterocycles. The van der Waals surface area contributed by atoms with Crippen LogP contribution < -0.4 is 5.76 Å². The number of rotatable bonds is 2. The Labute approximate surface area is 126 Å². The van der Waals surface area contributed by atoms with Gasteiger partial charge in [0, 0.05) is 5.56 Å². The Bertz CT molecular complexity index is 957. The molecule has 1 aromatic carbocycles. The lowest BCUT2D eigenvalue weighted by atomic mass is 10.1. The molecule has 22 heavy (non-hydrogen) atoms. The number of aromatic amines is 1. The maximum Gasteiger partial charge on any atom is 0.417 e. The van der Waals surface area contributed by atoms with Crippen molar-refractivity contribution < 1.29 is 13.2 Å². The average molecular weight is 323 g/mol. The second kappa shape index (κ2) is 4.89. The number of fused-ring (bicyclic) bond motifs is 1. The van der Waals surface area contributed by atoms with Gasteiger partial charge in [0.1, 0.15) is 17.3 Å². The fourth-order valence-corrected chi connectivity index (χ4v) is 2.09. The number of halogens is 3. The summed E-state index contributed by atoms with van der Waals surface area (Å²) in [5.41, 5.74) is 0.211. The molecule has 0 fully saturated rings. The zero-order chi connectivity index (χ0) is 15.9. The van der Waals surface area contributed by atoms with Crippen LogP contribution in [0, 0.1) is 11.3 Å². The van der Waals surface area contributed by atoms with Crippen LogP contribution in [-0.2, 0) is 5.92 Å². The van der Waals surface area contributed by atoms with Crippen molar-refractivity contribution in [2.75, 3.05) is 0 Å². The molecule has 6 nitrogen and oxygen atoms in total. The maximum absolute atomic E-state index is 13.2. The van der Waals surface area contributed by atoms with Crippen LogP contribution in [0.3, 0.4) is 0 Å². The molecule has 9 heteroatoms. The minimum atomic E-state index is -3.72. The van der Waals surface area contributed by atoms with Crippen molar-refractivity contribution in [2.45, 2.75) is 5.92 Å². The Balaban J connectivity index is 2.15. The number of hydrogen-bond acceptors (Lipinski definition) is 5. The molecule has 0 saturated heterocycles. The van der Waals surface area contributed by atoms with Crippen molar-refractivity contribution in [3.8, 4) is 17.3 Å². The number of benzene rings is 1. The normalized spacial score (nSPS) is 11.5. The number of oxazole rings is 1. The lowest BCUT2D eigenvalue weighted by Gasteiger charge is -2.07. The van der Waals surface area contributed by atoms with Crippen LogP contribution in [0.25, 0.3) is 22.4 Å². The van der Waals surface area contributed by atoms with Gasteiger partial charge in [0.25, 0.3) is 0 Å². The summed E-state index contributed by atoms with van der Waals surface area (Å²) < 4.78 is 31.4. The summed E-state index contributed by atoms with van der Waals surface area (Å²) in [7, 11) is 0.